The highest BCUT2D eigenvalue weighted by atomic mass is 16.6. The smallest absolute Gasteiger partial charge is 0.271 e. The topological polar surface area (TPSA) is 119 Å². The third kappa shape index (κ3) is 4.21. The van der Waals surface area contributed by atoms with Gasteiger partial charge in [-0.05, 0) is 24.3 Å². The Kier molecular flexibility index (Phi) is 5.91. The van der Waals surface area contributed by atoms with Crippen LogP contribution in [0.5, 0.6) is 0 Å². The van der Waals surface area contributed by atoms with E-state index < -0.39 is 10.8 Å². The molecule has 0 bridgehead atoms. The van der Waals surface area contributed by atoms with Crippen LogP contribution in [0.4, 0.5) is 5.69 Å². The molecule has 0 aliphatic carbocycles. The highest BCUT2D eigenvalue weighted by Crippen LogP contribution is 2.28. The molecule has 10 heteroatoms. The molecule has 39 heavy (non-hydrogen) atoms. The lowest BCUT2D eigenvalue weighted by Gasteiger charge is -2.34. The van der Waals surface area contributed by atoms with Crippen LogP contribution < -0.4 is 5.43 Å². The van der Waals surface area contributed by atoms with Crippen LogP contribution in [0.25, 0.3) is 27.6 Å². The van der Waals surface area contributed by atoms with Crippen LogP contribution in [0.2, 0.25) is 0 Å². The van der Waals surface area contributed by atoms with Crippen LogP contribution in [0, 0.1) is 10.1 Å². The fourth-order valence-corrected chi connectivity index (χ4v) is 5.00. The van der Waals surface area contributed by atoms with Gasteiger partial charge in [0, 0.05) is 49.9 Å². The fraction of sp³-hybridized carbons (Fsp3) is 0.138. The molecule has 5 aromatic rings. The minimum atomic E-state index is -0.455. The molecule has 10 nitrogen and oxygen atoms in total. The molecule has 0 spiro atoms. The van der Waals surface area contributed by atoms with Crippen molar-refractivity contribution in [3.05, 3.63) is 117 Å². The molecule has 0 atom stereocenters. The van der Waals surface area contributed by atoms with E-state index in [1.54, 1.807) is 57.0 Å². The van der Waals surface area contributed by atoms with Gasteiger partial charge in [0.1, 0.15) is 17.4 Å². The molecule has 0 N–H and O–H groups in total. The van der Waals surface area contributed by atoms with Gasteiger partial charge in [-0.3, -0.25) is 24.5 Å². The number of carbonyl (C=O) groups is 2. The fourth-order valence-electron chi connectivity index (χ4n) is 5.00. The standard InChI is InChI=1S/C29H22N4O6/c34-27-22-9-2-4-11-26(22)39-18-24(27)29(36)31-14-12-30(13-15-31)28(35)23-17-32(25-10-3-1-8-21(23)25)19-6-5-7-20(16-19)33(37)38/h1-11,16-18H,12-15H2. The number of non-ortho nitro benzene ring substituents is 1. The van der Waals surface area contributed by atoms with Crippen LogP contribution in [-0.2, 0) is 0 Å². The number of aromatic nitrogens is 1. The maximum absolute atomic E-state index is 13.6. The van der Waals surface area contributed by atoms with Gasteiger partial charge in [0.15, 0.2) is 0 Å². The summed E-state index contributed by atoms with van der Waals surface area (Å²) in [5.41, 5.74) is 1.75. The van der Waals surface area contributed by atoms with Gasteiger partial charge in [0.2, 0.25) is 5.43 Å². The minimum absolute atomic E-state index is 0.0338. The molecule has 3 heterocycles. The first-order valence-corrected chi connectivity index (χ1v) is 12.4. The van der Waals surface area contributed by atoms with Gasteiger partial charge in [0.25, 0.3) is 17.5 Å². The predicted molar refractivity (Wildman–Crippen MR) is 144 cm³/mol. The normalized spacial score (nSPS) is 13.6. The van der Waals surface area contributed by atoms with Gasteiger partial charge in [-0.2, -0.15) is 0 Å². The second kappa shape index (κ2) is 9.56. The molecule has 2 amide bonds. The summed E-state index contributed by atoms with van der Waals surface area (Å²) in [4.78, 5) is 53.7. The average Bonchev–Trinajstić information content (AvgIpc) is 3.37. The van der Waals surface area contributed by atoms with Crippen molar-refractivity contribution in [1.82, 2.24) is 14.4 Å². The summed E-state index contributed by atoms with van der Waals surface area (Å²) < 4.78 is 7.27. The first-order valence-electron chi connectivity index (χ1n) is 12.4. The molecule has 2 aromatic heterocycles. The van der Waals surface area contributed by atoms with E-state index in [4.69, 9.17) is 4.42 Å². The van der Waals surface area contributed by atoms with Crippen LogP contribution in [0.3, 0.4) is 0 Å². The van der Waals surface area contributed by atoms with Gasteiger partial charge < -0.3 is 18.8 Å². The number of hydrogen-bond donors (Lipinski definition) is 0. The van der Waals surface area contributed by atoms with E-state index in [1.807, 2.05) is 24.3 Å². The van der Waals surface area contributed by atoms with Gasteiger partial charge >= 0.3 is 0 Å². The van der Waals surface area contributed by atoms with Crippen LogP contribution in [-0.4, -0.2) is 57.3 Å². The highest BCUT2D eigenvalue weighted by molar-refractivity contribution is 6.07. The number of nitrogens with zero attached hydrogens (tertiary/aromatic N) is 4. The first-order chi connectivity index (χ1) is 18.9. The Morgan fingerprint density at radius 2 is 1.44 bits per heavy atom. The highest BCUT2D eigenvalue weighted by Gasteiger charge is 2.29. The Morgan fingerprint density at radius 1 is 0.795 bits per heavy atom. The SMILES string of the molecule is O=C(c1coc2ccccc2c1=O)N1CCN(C(=O)c2cn(-c3cccc([N+](=O)[O-])c3)c3ccccc23)CC1. The number of nitro groups is 1. The molecule has 194 valence electrons. The number of benzene rings is 3. The lowest BCUT2D eigenvalue weighted by atomic mass is 10.1. The second-order valence-corrected chi connectivity index (χ2v) is 9.27. The molecular weight excluding hydrogens is 500 g/mol. The Labute approximate surface area is 221 Å². The number of fused-ring (bicyclic) bond motifs is 2. The van der Waals surface area contributed by atoms with Crippen molar-refractivity contribution >= 4 is 39.4 Å². The molecule has 6 rings (SSSR count). The Hall–Kier alpha value is -5.25. The monoisotopic (exact) mass is 522 g/mol. The van der Waals surface area contributed by atoms with Crippen LogP contribution in [0.1, 0.15) is 20.7 Å². The first kappa shape index (κ1) is 24.1. The molecule has 0 unspecified atom stereocenters. The molecule has 0 saturated carbocycles. The van der Waals surface area contributed by atoms with Crippen molar-refractivity contribution in [2.45, 2.75) is 0 Å². The molecular formula is C29H22N4O6. The van der Waals surface area contributed by atoms with E-state index in [0.29, 0.717) is 35.3 Å². The molecule has 0 radical (unpaired) electrons. The lowest BCUT2D eigenvalue weighted by molar-refractivity contribution is -0.384. The third-order valence-electron chi connectivity index (χ3n) is 7.03. The van der Waals surface area contributed by atoms with E-state index in [-0.39, 0.29) is 35.7 Å². The number of piperazine rings is 1. The Bertz CT molecular complexity index is 1830. The van der Waals surface area contributed by atoms with Gasteiger partial charge in [0.05, 0.1) is 27.1 Å². The summed E-state index contributed by atoms with van der Waals surface area (Å²) >= 11 is 0. The molecule has 1 aliphatic heterocycles. The van der Waals surface area contributed by atoms with Crippen molar-refractivity contribution in [2.24, 2.45) is 0 Å². The van der Waals surface area contributed by atoms with Crippen molar-refractivity contribution in [3.63, 3.8) is 0 Å². The zero-order chi connectivity index (χ0) is 27.1. The molecule has 1 aliphatic rings. The number of rotatable bonds is 4. The number of nitro benzene ring substituents is 1. The Morgan fingerprint density at radius 3 is 2.15 bits per heavy atom. The molecule has 3 aromatic carbocycles. The summed E-state index contributed by atoms with van der Waals surface area (Å²) in [5.74, 6) is -0.628. The van der Waals surface area contributed by atoms with Crippen molar-refractivity contribution in [3.8, 4) is 5.69 Å². The van der Waals surface area contributed by atoms with E-state index in [0.717, 1.165) is 10.9 Å². The second-order valence-electron chi connectivity index (χ2n) is 9.27. The predicted octanol–water partition coefficient (Wildman–Crippen LogP) is 4.24. The Balaban J connectivity index is 1.24. The number of para-hydroxylation sites is 2. The summed E-state index contributed by atoms with van der Waals surface area (Å²) in [7, 11) is 0. The minimum Gasteiger partial charge on any atom is -0.463 e. The van der Waals surface area contributed by atoms with Crippen molar-refractivity contribution in [2.75, 3.05) is 26.2 Å². The van der Waals surface area contributed by atoms with Gasteiger partial charge in [-0.1, -0.05) is 36.4 Å². The quantitative estimate of drug-likeness (QED) is 0.257. The zero-order valence-corrected chi connectivity index (χ0v) is 20.6. The number of hydrogen-bond acceptors (Lipinski definition) is 6. The summed E-state index contributed by atoms with van der Waals surface area (Å²) in [5, 5.41) is 12.4. The average molecular weight is 523 g/mol. The van der Waals surface area contributed by atoms with E-state index >= 15 is 0 Å². The van der Waals surface area contributed by atoms with Gasteiger partial charge in [-0.25, -0.2) is 0 Å². The summed E-state index contributed by atoms with van der Waals surface area (Å²) in [6.07, 6.45) is 2.90. The summed E-state index contributed by atoms with van der Waals surface area (Å²) in [6.45, 7) is 1.11. The number of amides is 2. The van der Waals surface area contributed by atoms with Gasteiger partial charge in [-0.15, -0.1) is 0 Å². The van der Waals surface area contributed by atoms with E-state index in [9.17, 15) is 24.5 Å². The lowest BCUT2D eigenvalue weighted by Crippen LogP contribution is -2.51. The maximum atomic E-state index is 13.6. The zero-order valence-electron chi connectivity index (χ0n) is 20.6. The van der Waals surface area contributed by atoms with Crippen LogP contribution in [0.15, 0.2) is 94.5 Å². The number of carbonyl (C=O) groups excluding carboxylic acids is 2. The van der Waals surface area contributed by atoms with Crippen LogP contribution >= 0.6 is 0 Å². The van der Waals surface area contributed by atoms with E-state index in [1.165, 1.54) is 18.4 Å². The third-order valence-corrected chi connectivity index (χ3v) is 7.03. The maximum Gasteiger partial charge on any atom is 0.271 e. The molecule has 1 saturated heterocycles. The summed E-state index contributed by atoms with van der Waals surface area (Å²) in [6, 6.07) is 20.4. The molecule has 1 fully saturated rings. The van der Waals surface area contributed by atoms with Crippen molar-refractivity contribution in [1.29, 1.82) is 0 Å². The largest absolute Gasteiger partial charge is 0.463 e. The van der Waals surface area contributed by atoms with E-state index in [2.05, 4.69) is 0 Å². The van der Waals surface area contributed by atoms with Crippen molar-refractivity contribution < 1.29 is 18.9 Å².